The first kappa shape index (κ1) is 27.2. The molecule has 1 aliphatic rings. The van der Waals surface area contributed by atoms with Crippen LogP contribution in [0.3, 0.4) is 0 Å². The van der Waals surface area contributed by atoms with Gasteiger partial charge in [-0.15, -0.1) is 0 Å². The predicted molar refractivity (Wildman–Crippen MR) is 129 cm³/mol. The summed E-state index contributed by atoms with van der Waals surface area (Å²) in [4.78, 5) is 20.7. The van der Waals surface area contributed by atoms with E-state index < -0.39 is 23.4 Å². The molecule has 1 saturated carbocycles. The van der Waals surface area contributed by atoms with Crippen molar-refractivity contribution in [3.8, 4) is 5.75 Å². The van der Waals surface area contributed by atoms with Crippen LogP contribution in [-0.2, 0) is 11.0 Å². The normalized spacial score (nSPS) is 16.5. The third-order valence-electron chi connectivity index (χ3n) is 6.59. The second-order valence-corrected chi connectivity index (χ2v) is 10.7. The molecule has 0 spiro atoms. The van der Waals surface area contributed by atoms with Gasteiger partial charge in [-0.1, -0.05) is 44.7 Å². The number of aromatic nitrogens is 2. The summed E-state index contributed by atoms with van der Waals surface area (Å²) in [5, 5.41) is 3.53. The molecule has 1 aliphatic carbocycles. The number of carbonyl (C=O) groups is 1. The summed E-state index contributed by atoms with van der Waals surface area (Å²) in [7, 11) is 0. The van der Waals surface area contributed by atoms with Gasteiger partial charge in [0.1, 0.15) is 11.4 Å². The minimum absolute atomic E-state index is 0.00593. The van der Waals surface area contributed by atoms with Gasteiger partial charge in [0.25, 0.3) is 5.91 Å². The van der Waals surface area contributed by atoms with E-state index in [0.717, 1.165) is 37.1 Å². The molecule has 2 unspecified atom stereocenters. The molecule has 2 atom stereocenters. The quantitative estimate of drug-likeness (QED) is 0.387. The Morgan fingerprint density at radius 2 is 1.94 bits per heavy atom. The lowest BCUT2D eigenvalue weighted by Gasteiger charge is -2.40. The number of hydrogen-bond acceptors (Lipinski definition) is 4. The first-order valence-electron chi connectivity index (χ1n) is 12.0. The van der Waals surface area contributed by atoms with Crippen LogP contribution in [-0.4, -0.2) is 28.0 Å². The Morgan fingerprint density at radius 1 is 1.23 bits per heavy atom. The zero-order chi connectivity index (χ0) is 25.8. The lowest BCUT2D eigenvalue weighted by molar-refractivity contribution is -0.141. The van der Waals surface area contributed by atoms with Gasteiger partial charge in [0, 0.05) is 37.1 Å². The molecule has 1 fully saturated rings. The van der Waals surface area contributed by atoms with Gasteiger partial charge in [-0.3, -0.25) is 14.8 Å². The molecule has 0 saturated heterocycles. The fourth-order valence-corrected chi connectivity index (χ4v) is 4.81. The van der Waals surface area contributed by atoms with Gasteiger partial charge in [-0.2, -0.15) is 13.2 Å². The maximum absolute atomic E-state index is 13.1. The fraction of sp³-hybridized carbons (Fsp3) is 0.577. The number of carbonyl (C=O) groups excluding carboxylic acids is 1. The molecule has 2 aromatic heterocycles. The van der Waals surface area contributed by atoms with Gasteiger partial charge in [-0.05, 0) is 55.7 Å². The van der Waals surface area contributed by atoms with Crippen molar-refractivity contribution in [2.45, 2.75) is 71.1 Å². The number of halogens is 4. The van der Waals surface area contributed by atoms with Crippen molar-refractivity contribution in [1.82, 2.24) is 15.3 Å². The topological polar surface area (TPSA) is 64.1 Å². The van der Waals surface area contributed by atoms with E-state index in [1.807, 2.05) is 6.07 Å². The highest BCUT2D eigenvalue weighted by atomic mass is 35.5. The summed E-state index contributed by atoms with van der Waals surface area (Å²) in [5.41, 5.74) is -1.50. The highest BCUT2D eigenvalue weighted by Gasteiger charge is 2.37. The zero-order valence-electron chi connectivity index (χ0n) is 20.5. The molecule has 0 bridgehead atoms. The van der Waals surface area contributed by atoms with Crippen molar-refractivity contribution in [2.24, 2.45) is 17.8 Å². The zero-order valence-corrected chi connectivity index (χ0v) is 21.3. The van der Waals surface area contributed by atoms with E-state index in [1.165, 1.54) is 26.3 Å². The molecular weight excluding hydrogens is 479 g/mol. The number of alkyl halides is 3. The maximum atomic E-state index is 13.1. The Morgan fingerprint density at radius 3 is 2.51 bits per heavy atom. The fourth-order valence-electron chi connectivity index (χ4n) is 4.63. The van der Waals surface area contributed by atoms with Crippen molar-refractivity contribution in [3.63, 3.8) is 0 Å². The largest absolute Gasteiger partial charge is 0.478 e. The summed E-state index contributed by atoms with van der Waals surface area (Å²) >= 11 is 6.24. The van der Waals surface area contributed by atoms with Crippen LogP contribution < -0.4 is 10.1 Å². The monoisotopic (exact) mass is 511 g/mol. The summed E-state index contributed by atoms with van der Waals surface area (Å²) in [6.45, 7) is 7.80. The molecule has 5 nitrogen and oxygen atoms in total. The minimum atomic E-state index is -4.60. The molecule has 2 heterocycles. The van der Waals surface area contributed by atoms with Crippen molar-refractivity contribution in [1.29, 1.82) is 0 Å². The van der Waals surface area contributed by atoms with Crippen molar-refractivity contribution < 1.29 is 22.7 Å². The molecule has 1 N–H and O–H groups in total. The van der Waals surface area contributed by atoms with E-state index >= 15 is 0 Å². The van der Waals surface area contributed by atoms with E-state index in [2.05, 4.69) is 29.1 Å². The van der Waals surface area contributed by atoms with Crippen molar-refractivity contribution >= 4 is 17.5 Å². The average Bonchev–Trinajstić information content (AvgIpc) is 2.71. The van der Waals surface area contributed by atoms with E-state index in [-0.39, 0.29) is 11.7 Å². The van der Waals surface area contributed by atoms with Crippen LogP contribution in [0, 0.1) is 17.8 Å². The highest BCUT2D eigenvalue weighted by molar-refractivity contribution is 6.30. The van der Waals surface area contributed by atoms with E-state index in [1.54, 1.807) is 12.4 Å². The molecular formula is C26H33ClF3N3O2. The highest BCUT2D eigenvalue weighted by Crippen LogP contribution is 2.44. The predicted octanol–water partition coefficient (Wildman–Crippen LogP) is 6.67. The van der Waals surface area contributed by atoms with Gasteiger partial charge < -0.3 is 10.1 Å². The molecule has 3 rings (SSSR count). The van der Waals surface area contributed by atoms with Gasteiger partial charge >= 0.3 is 6.18 Å². The maximum Gasteiger partial charge on any atom is 0.433 e. The third kappa shape index (κ3) is 7.32. The molecule has 2 aromatic rings. The first-order valence-corrected chi connectivity index (χ1v) is 12.4. The number of nitrogens with one attached hydrogen (secondary N) is 1. The third-order valence-corrected chi connectivity index (χ3v) is 6.80. The number of ether oxygens (including phenoxy) is 1. The first-order chi connectivity index (χ1) is 16.4. The van der Waals surface area contributed by atoms with E-state index in [4.69, 9.17) is 16.3 Å². The minimum Gasteiger partial charge on any atom is -0.478 e. The molecule has 1 amide bonds. The number of amides is 1. The van der Waals surface area contributed by atoms with Crippen LogP contribution in [0.15, 0.2) is 36.8 Å². The van der Waals surface area contributed by atoms with Crippen LogP contribution in [0.1, 0.15) is 70.6 Å². The van der Waals surface area contributed by atoms with Gasteiger partial charge in [0.2, 0.25) is 0 Å². The summed E-state index contributed by atoms with van der Waals surface area (Å²) in [6.07, 6.45) is 4.34. The molecule has 35 heavy (non-hydrogen) atoms. The lowest BCUT2D eigenvalue weighted by atomic mass is 9.66. The van der Waals surface area contributed by atoms with E-state index in [9.17, 15) is 18.0 Å². The van der Waals surface area contributed by atoms with Gasteiger partial charge in [0.05, 0.1) is 5.02 Å². The Hall–Kier alpha value is -2.35. The smallest absolute Gasteiger partial charge is 0.433 e. The number of rotatable bonds is 10. The second kappa shape index (κ2) is 11.1. The van der Waals surface area contributed by atoms with Crippen LogP contribution >= 0.6 is 11.6 Å². The summed E-state index contributed by atoms with van der Waals surface area (Å²) < 4.78 is 44.7. The van der Waals surface area contributed by atoms with Crippen LogP contribution in [0.25, 0.3) is 0 Å². The van der Waals surface area contributed by atoms with Gasteiger partial charge in [0.15, 0.2) is 5.60 Å². The Kier molecular flexibility index (Phi) is 8.67. The standard InChI is InChI=1S/C26H33ClF3N3O2/c1-16(2)10-21(17-6-5-7-17)22(18-11-19(27)14-31-13-18)15-33-24(34)25(3,4)35-20-8-9-32-23(12-20)26(28,29)30/h8-9,11-14,16-17,21-22H,5-7,10,15H2,1-4H3,(H,33,34). The van der Waals surface area contributed by atoms with Crippen LogP contribution in [0.5, 0.6) is 5.75 Å². The van der Waals surface area contributed by atoms with Crippen LogP contribution in [0.2, 0.25) is 5.02 Å². The number of hydrogen-bond donors (Lipinski definition) is 1. The Bertz CT molecular complexity index is 1010. The second-order valence-electron chi connectivity index (χ2n) is 10.2. The SMILES string of the molecule is CC(C)CC(C1CCC1)C(CNC(=O)C(C)(C)Oc1ccnc(C(F)(F)F)c1)c1cncc(Cl)c1. The summed E-state index contributed by atoms with van der Waals surface area (Å²) in [6, 6.07) is 4.00. The number of nitrogens with zero attached hydrogens (tertiary/aromatic N) is 2. The number of pyridine rings is 2. The molecule has 192 valence electrons. The van der Waals surface area contributed by atoms with Crippen molar-refractivity contribution in [3.05, 3.63) is 53.1 Å². The van der Waals surface area contributed by atoms with Gasteiger partial charge in [-0.25, -0.2) is 0 Å². The summed E-state index contributed by atoms with van der Waals surface area (Å²) in [5.74, 6) is 0.921. The molecule has 9 heteroatoms. The average molecular weight is 512 g/mol. The molecule has 0 radical (unpaired) electrons. The molecule has 0 aliphatic heterocycles. The molecule has 0 aromatic carbocycles. The van der Waals surface area contributed by atoms with Crippen molar-refractivity contribution in [2.75, 3.05) is 6.54 Å². The lowest BCUT2D eigenvalue weighted by Crippen LogP contribution is -2.48. The Balaban J connectivity index is 1.77. The van der Waals surface area contributed by atoms with Crippen LogP contribution in [0.4, 0.5) is 13.2 Å². The van der Waals surface area contributed by atoms with E-state index in [0.29, 0.717) is 29.3 Å². The Labute approximate surface area is 209 Å².